The van der Waals surface area contributed by atoms with Gasteiger partial charge in [-0.25, -0.2) is 0 Å². The molecule has 0 amide bonds. The normalized spacial score (nSPS) is 16.6. The molecular weight excluding hydrogens is 401 g/mol. The lowest BCUT2D eigenvalue weighted by Crippen LogP contribution is -2.41. The summed E-state index contributed by atoms with van der Waals surface area (Å²) in [7, 11) is 0. The largest absolute Gasteiger partial charge is 0.357 e. The summed E-state index contributed by atoms with van der Waals surface area (Å²) < 4.78 is 1.93. The van der Waals surface area contributed by atoms with Crippen molar-refractivity contribution in [2.75, 3.05) is 19.6 Å². The van der Waals surface area contributed by atoms with Crippen LogP contribution in [0.1, 0.15) is 46.5 Å². The van der Waals surface area contributed by atoms with E-state index < -0.39 is 0 Å². The number of aliphatic imine (C=N–C) groups is 1. The van der Waals surface area contributed by atoms with Crippen molar-refractivity contribution in [3.05, 3.63) is 18.5 Å². The van der Waals surface area contributed by atoms with Gasteiger partial charge in [0.1, 0.15) is 0 Å². The number of hydrogen-bond donors (Lipinski definition) is 2. The highest BCUT2D eigenvalue weighted by Crippen LogP contribution is 2.46. The van der Waals surface area contributed by atoms with E-state index in [4.69, 9.17) is 4.99 Å². The van der Waals surface area contributed by atoms with Gasteiger partial charge in [-0.15, -0.1) is 24.0 Å². The molecule has 1 heterocycles. The topological polar surface area (TPSA) is 54.2 Å². The van der Waals surface area contributed by atoms with E-state index in [1.165, 1.54) is 25.7 Å². The fourth-order valence-corrected chi connectivity index (χ4v) is 3.28. The van der Waals surface area contributed by atoms with Gasteiger partial charge in [-0.05, 0) is 43.6 Å². The first-order valence-corrected chi connectivity index (χ1v) is 8.63. The van der Waals surface area contributed by atoms with Gasteiger partial charge in [-0.3, -0.25) is 9.67 Å². The molecule has 0 aliphatic heterocycles. The molecule has 1 fully saturated rings. The molecule has 1 aliphatic carbocycles. The van der Waals surface area contributed by atoms with Gasteiger partial charge in [0, 0.05) is 32.0 Å². The average molecular weight is 433 g/mol. The molecule has 1 saturated carbocycles. The third kappa shape index (κ3) is 6.69. The summed E-state index contributed by atoms with van der Waals surface area (Å²) in [6.45, 7) is 10.3. The van der Waals surface area contributed by atoms with Crippen LogP contribution in [0.5, 0.6) is 0 Å². The summed E-state index contributed by atoms with van der Waals surface area (Å²) in [4.78, 5) is 4.84. The van der Waals surface area contributed by atoms with Crippen LogP contribution in [-0.4, -0.2) is 35.4 Å². The molecule has 0 unspecified atom stereocenters. The Bertz CT molecular complexity index is 452. The average Bonchev–Trinajstić information content (AvgIpc) is 2.94. The predicted molar refractivity (Wildman–Crippen MR) is 107 cm³/mol. The Hall–Kier alpha value is -0.790. The molecule has 0 atom stereocenters. The van der Waals surface area contributed by atoms with Gasteiger partial charge in [0.2, 0.25) is 0 Å². The lowest BCUT2D eigenvalue weighted by atomic mass is 9.64. The van der Waals surface area contributed by atoms with Crippen LogP contribution in [0.2, 0.25) is 0 Å². The van der Waals surface area contributed by atoms with E-state index in [0.29, 0.717) is 5.41 Å². The lowest BCUT2D eigenvalue weighted by Gasteiger charge is -2.42. The van der Waals surface area contributed by atoms with Crippen LogP contribution in [0.4, 0.5) is 0 Å². The van der Waals surface area contributed by atoms with E-state index in [-0.39, 0.29) is 24.0 Å². The van der Waals surface area contributed by atoms with Crippen molar-refractivity contribution in [3.63, 3.8) is 0 Å². The Morgan fingerprint density at radius 1 is 1.35 bits per heavy atom. The van der Waals surface area contributed by atoms with Crippen molar-refractivity contribution in [3.8, 4) is 0 Å². The van der Waals surface area contributed by atoms with Crippen LogP contribution in [0.15, 0.2) is 23.5 Å². The molecule has 5 nitrogen and oxygen atoms in total. The van der Waals surface area contributed by atoms with Gasteiger partial charge in [-0.1, -0.05) is 20.3 Å². The van der Waals surface area contributed by atoms with E-state index in [1.54, 1.807) is 0 Å². The Labute approximate surface area is 157 Å². The first-order chi connectivity index (χ1) is 10.6. The monoisotopic (exact) mass is 433 g/mol. The molecule has 1 aromatic rings. The zero-order valence-corrected chi connectivity index (χ0v) is 17.0. The highest BCUT2D eigenvalue weighted by molar-refractivity contribution is 14.0. The van der Waals surface area contributed by atoms with E-state index >= 15 is 0 Å². The maximum Gasteiger partial charge on any atom is 0.191 e. The van der Waals surface area contributed by atoms with Crippen molar-refractivity contribution in [1.29, 1.82) is 0 Å². The Morgan fingerprint density at radius 2 is 2.13 bits per heavy atom. The number of hydrogen-bond acceptors (Lipinski definition) is 2. The first kappa shape index (κ1) is 20.3. The fourth-order valence-electron chi connectivity index (χ4n) is 3.28. The van der Waals surface area contributed by atoms with Crippen molar-refractivity contribution in [2.45, 2.75) is 53.0 Å². The summed E-state index contributed by atoms with van der Waals surface area (Å²) in [6.07, 6.45) is 9.13. The van der Waals surface area contributed by atoms with Crippen LogP contribution in [0.25, 0.3) is 0 Å². The van der Waals surface area contributed by atoms with Crippen LogP contribution in [-0.2, 0) is 6.54 Å². The summed E-state index contributed by atoms with van der Waals surface area (Å²) in [5.74, 6) is 1.69. The second kappa shape index (κ2) is 10.2. The van der Waals surface area contributed by atoms with E-state index in [1.807, 2.05) is 23.1 Å². The Kier molecular flexibility index (Phi) is 8.94. The van der Waals surface area contributed by atoms with Gasteiger partial charge in [-0.2, -0.15) is 5.10 Å². The van der Waals surface area contributed by atoms with Crippen LogP contribution >= 0.6 is 24.0 Å². The maximum absolute atomic E-state index is 4.84. The van der Waals surface area contributed by atoms with Gasteiger partial charge >= 0.3 is 0 Å². The molecule has 0 saturated heterocycles. The molecule has 23 heavy (non-hydrogen) atoms. The molecule has 1 aliphatic rings. The van der Waals surface area contributed by atoms with Gasteiger partial charge in [0.05, 0.1) is 6.54 Å². The molecule has 0 spiro atoms. The van der Waals surface area contributed by atoms with Crippen molar-refractivity contribution in [2.24, 2.45) is 16.3 Å². The van der Waals surface area contributed by atoms with Crippen LogP contribution in [0, 0.1) is 11.3 Å². The zero-order valence-electron chi connectivity index (χ0n) is 14.7. The zero-order chi connectivity index (χ0) is 15.8. The number of nitrogens with zero attached hydrogens (tertiary/aromatic N) is 3. The van der Waals surface area contributed by atoms with E-state index in [9.17, 15) is 0 Å². The Morgan fingerprint density at radius 3 is 2.65 bits per heavy atom. The summed E-state index contributed by atoms with van der Waals surface area (Å²) in [6, 6.07) is 1.95. The summed E-state index contributed by atoms with van der Waals surface area (Å²) >= 11 is 0. The predicted octanol–water partition coefficient (Wildman–Crippen LogP) is 3.27. The SMILES string of the molecule is CCNC(=NCC1(CC(C)C)CCC1)NCCn1cccn1.I. The van der Waals surface area contributed by atoms with Crippen LogP contribution in [0.3, 0.4) is 0 Å². The maximum atomic E-state index is 4.84. The van der Waals surface area contributed by atoms with Crippen molar-refractivity contribution < 1.29 is 0 Å². The van der Waals surface area contributed by atoms with E-state index in [2.05, 4.69) is 36.5 Å². The second-order valence-electron chi connectivity index (χ2n) is 6.84. The van der Waals surface area contributed by atoms with Crippen molar-refractivity contribution in [1.82, 2.24) is 20.4 Å². The molecule has 0 aromatic carbocycles. The number of aromatic nitrogens is 2. The molecule has 2 N–H and O–H groups in total. The number of nitrogens with one attached hydrogen (secondary N) is 2. The summed E-state index contributed by atoms with van der Waals surface area (Å²) in [5.41, 5.74) is 0.457. The van der Waals surface area contributed by atoms with Gasteiger partial charge in [0.25, 0.3) is 0 Å². The molecule has 0 radical (unpaired) electrons. The molecule has 2 rings (SSSR count). The fraction of sp³-hybridized carbons (Fsp3) is 0.765. The van der Waals surface area contributed by atoms with E-state index in [0.717, 1.165) is 38.1 Å². The minimum atomic E-state index is 0. The van der Waals surface area contributed by atoms with Crippen LogP contribution < -0.4 is 10.6 Å². The highest BCUT2D eigenvalue weighted by Gasteiger charge is 2.37. The minimum absolute atomic E-state index is 0. The number of rotatable bonds is 8. The standard InChI is InChI=1S/C17H31N5.HI/c1-4-18-16(19-10-12-22-11-6-9-21-22)20-14-17(7-5-8-17)13-15(2)3;/h6,9,11,15H,4-5,7-8,10,12-14H2,1-3H3,(H2,18,19,20);1H. The molecular formula is C17H32IN5. The van der Waals surface area contributed by atoms with Gasteiger partial charge < -0.3 is 10.6 Å². The van der Waals surface area contributed by atoms with Crippen molar-refractivity contribution >= 4 is 29.9 Å². The third-order valence-corrected chi connectivity index (χ3v) is 4.36. The highest BCUT2D eigenvalue weighted by atomic mass is 127. The second-order valence-corrected chi connectivity index (χ2v) is 6.84. The van der Waals surface area contributed by atoms with Gasteiger partial charge in [0.15, 0.2) is 5.96 Å². The quantitative estimate of drug-likeness (QED) is 0.376. The smallest absolute Gasteiger partial charge is 0.191 e. The minimum Gasteiger partial charge on any atom is -0.357 e. The molecule has 132 valence electrons. The molecule has 1 aromatic heterocycles. The molecule has 6 heteroatoms. The summed E-state index contributed by atoms with van der Waals surface area (Å²) in [5, 5.41) is 11.0. The number of halogens is 1. The molecule has 0 bridgehead atoms. The number of guanidine groups is 1. The first-order valence-electron chi connectivity index (χ1n) is 8.63. The Balaban J connectivity index is 0.00000264. The third-order valence-electron chi connectivity index (χ3n) is 4.36. The lowest BCUT2D eigenvalue weighted by molar-refractivity contribution is 0.111.